The van der Waals surface area contributed by atoms with E-state index in [2.05, 4.69) is 5.32 Å². The third-order valence-electron chi connectivity index (χ3n) is 2.52. The second kappa shape index (κ2) is 7.21. The van der Waals surface area contributed by atoms with Crippen LogP contribution in [0.1, 0.15) is 12.0 Å². The molecule has 96 valence electrons. The van der Waals surface area contributed by atoms with E-state index in [-0.39, 0.29) is 25.1 Å². The predicted molar refractivity (Wildman–Crippen MR) is 62.4 cm³/mol. The highest BCUT2D eigenvalue weighted by molar-refractivity contribution is 5.33. The van der Waals surface area contributed by atoms with E-state index in [1.165, 1.54) is 19.2 Å². The molecule has 1 aromatic carbocycles. The first-order chi connectivity index (χ1) is 8.21. The van der Waals surface area contributed by atoms with Crippen LogP contribution in [0.15, 0.2) is 18.2 Å². The molecule has 0 saturated carbocycles. The van der Waals surface area contributed by atoms with Crippen LogP contribution in [-0.4, -0.2) is 36.6 Å². The standard InChI is InChI=1S/C12H18FNO3/c1-17-12-3-2-10(13)6-9(12)7-14-11(8-16)4-5-15/h2-3,6,11,14-16H,4-5,7-8H2,1H3. The van der Waals surface area contributed by atoms with Gasteiger partial charge in [-0.1, -0.05) is 0 Å². The van der Waals surface area contributed by atoms with E-state index in [1.807, 2.05) is 0 Å². The molecule has 1 atom stereocenters. The van der Waals surface area contributed by atoms with Crippen LogP contribution in [0.5, 0.6) is 5.75 Å². The predicted octanol–water partition coefficient (Wildman–Crippen LogP) is 0.667. The van der Waals surface area contributed by atoms with E-state index in [0.717, 1.165) is 0 Å². The molecule has 0 radical (unpaired) electrons. The fraction of sp³-hybridized carbons (Fsp3) is 0.500. The Kier molecular flexibility index (Phi) is 5.90. The number of nitrogens with one attached hydrogen (secondary N) is 1. The van der Waals surface area contributed by atoms with Gasteiger partial charge in [-0.15, -0.1) is 0 Å². The Morgan fingerprint density at radius 1 is 1.41 bits per heavy atom. The van der Waals surface area contributed by atoms with E-state index < -0.39 is 0 Å². The molecule has 0 heterocycles. The zero-order chi connectivity index (χ0) is 12.7. The molecule has 0 amide bonds. The summed E-state index contributed by atoms with van der Waals surface area (Å²) < 4.78 is 18.2. The van der Waals surface area contributed by atoms with Gasteiger partial charge >= 0.3 is 0 Å². The molecule has 1 aromatic rings. The SMILES string of the molecule is COc1ccc(F)cc1CNC(CO)CCO. The Morgan fingerprint density at radius 2 is 2.18 bits per heavy atom. The van der Waals surface area contributed by atoms with Gasteiger partial charge < -0.3 is 20.3 Å². The van der Waals surface area contributed by atoms with E-state index in [1.54, 1.807) is 6.07 Å². The highest BCUT2D eigenvalue weighted by atomic mass is 19.1. The summed E-state index contributed by atoms with van der Waals surface area (Å²) in [6.45, 7) is 0.308. The normalized spacial score (nSPS) is 12.5. The maximum Gasteiger partial charge on any atom is 0.123 e. The van der Waals surface area contributed by atoms with Gasteiger partial charge in [-0.25, -0.2) is 4.39 Å². The van der Waals surface area contributed by atoms with Crippen LogP contribution in [0.4, 0.5) is 4.39 Å². The maximum absolute atomic E-state index is 13.1. The van der Waals surface area contributed by atoms with Crippen LogP contribution in [-0.2, 0) is 6.54 Å². The molecule has 3 N–H and O–H groups in total. The van der Waals surface area contributed by atoms with Crippen LogP contribution >= 0.6 is 0 Å². The average molecular weight is 243 g/mol. The summed E-state index contributed by atoms with van der Waals surface area (Å²) in [7, 11) is 1.52. The summed E-state index contributed by atoms with van der Waals surface area (Å²) >= 11 is 0. The second-order valence-electron chi connectivity index (χ2n) is 3.73. The number of ether oxygens (including phenoxy) is 1. The highest BCUT2D eigenvalue weighted by Gasteiger charge is 2.09. The minimum Gasteiger partial charge on any atom is -0.496 e. The first-order valence-electron chi connectivity index (χ1n) is 5.48. The van der Waals surface area contributed by atoms with Crippen molar-refractivity contribution in [3.63, 3.8) is 0 Å². The number of aliphatic hydroxyl groups excluding tert-OH is 2. The molecule has 0 saturated heterocycles. The molecular formula is C12H18FNO3. The molecule has 0 aromatic heterocycles. The molecule has 1 rings (SSSR count). The number of rotatable bonds is 7. The van der Waals surface area contributed by atoms with Crippen molar-refractivity contribution in [2.45, 2.75) is 19.0 Å². The Morgan fingerprint density at radius 3 is 2.76 bits per heavy atom. The number of halogens is 1. The lowest BCUT2D eigenvalue weighted by Gasteiger charge is -2.16. The molecule has 0 aliphatic heterocycles. The molecule has 4 nitrogen and oxygen atoms in total. The van der Waals surface area contributed by atoms with E-state index in [4.69, 9.17) is 14.9 Å². The Hall–Kier alpha value is -1.17. The van der Waals surface area contributed by atoms with Crippen LogP contribution in [0, 0.1) is 5.82 Å². The minimum atomic E-state index is -0.328. The van der Waals surface area contributed by atoms with E-state index in [9.17, 15) is 4.39 Å². The van der Waals surface area contributed by atoms with Gasteiger partial charge in [-0.3, -0.25) is 0 Å². The van der Waals surface area contributed by atoms with E-state index in [0.29, 0.717) is 24.3 Å². The molecule has 17 heavy (non-hydrogen) atoms. The summed E-state index contributed by atoms with van der Waals surface area (Å²) in [6, 6.07) is 4.08. The monoisotopic (exact) mass is 243 g/mol. The van der Waals surface area contributed by atoms with Gasteiger partial charge in [0.15, 0.2) is 0 Å². The van der Waals surface area contributed by atoms with Gasteiger partial charge in [-0.05, 0) is 24.6 Å². The van der Waals surface area contributed by atoms with Crippen molar-refractivity contribution in [2.24, 2.45) is 0 Å². The summed E-state index contributed by atoms with van der Waals surface area (Å²) in [6.07, 6.45) is 0.453. The van der Waals surface area contributed by atoms with Crippen molar-refractivity contribution in [3.8, 4) is 5.75 Å². The van der Waals surface area contributed by atoms with Crippen molar-refractivity contribution in [3.05, 3.63) is 29.6 Å². The lowest BCUT2D eigenvalue weighted by molar-refractivity contribution is 0.199. The quantitative estimate of drug-likeness (QED) is 0.658. The molecule has 5 heteroatoms. The summed E-state index contributed by atoms with van der Waals surface area (Å²) in [5.74, 6) is 0.268. The molecule has 1 unspecified atom stereocenters. The number of hydrogen-bond donors (Lipinski definition) is 3. The van der Waals surface area contributed by atoms with Crippen molar-refractivity contribution in [1.29, 1.82) is 0 Å². The van der Waals surface area contributed by atoms with Gasteiger partial charge in [0, 0.05) is 24.8 Å². The zero-order valence-corrected chi connectivity index (χ0v) is 9.82. The smallest absolute Gasteiger partial charge is 0.123 e. The van der Waals surface area contributed by atoms with Crippen LogP contribution in [0.2, 0.25) is 0 Å². The third kappa shape index (κ3) is 4.30. The Balaban J connectivity index is 2.63. The molecule has 0 bridgehead atoms. The summed E-state index contributed by atoms with van der Waals surface area (Å²) in [5.41, 5.74) is 0.684. The van der Waals surface area contributed by atoms with Crippen LogP contribution in [0.3, 0.4) is 0 Å². The maximum atomic E-state index is 13.1. The number of benzene rings is 1. The first kappa shape index (κ1) is 13.9. The van der Waals surface area contributed by atoms with Crippen LogP contribution < -0.4 is 10.1 Å². The van der Waals surface area contributed by atoms with E-state index >= 15 is 0 Å². The molecule has 0 aliphatic carbocycles. The number of hydrogen-bond acceptors (Lipinski definition) is 4. The first-order valence-corrected chi connectivity index (χ1v) is 5.48. The molecule has 0 fully saturated rings. The molecule has 0 aliphatic rings. The zero-order valence-electron chi connectivity index (χ0n) is 9.82. The van der Waals surface area contributed by atoms with Gasteiger partial charge in [0.1, 0.15) is 11.6 Å². The minimum absolute atomic E-state index is 0.00148. The van der Waals surface area contributed by atoms with Crippen molar-refractivity contribution in [2.75, 3.05) is 20.3 Å². The summed E-state index contributed by atoms with van der Waals surface area (Å²) in [5, 5.41) is 20.8. The van der Waals surface area contributed by atoms with Crippen molar-refractivity contribution < 1.29 is 19.3 Å². The fourth-order valence-corrected chi connectivity index (χ4v) is 1.55. The highest BCUT2D eigenvalue weighted by Crippen LogP contribution is 2.19. The number of aliphatic hydroxyl groups is 2. The molecular weight excluding hydrogens is 225 g/mol. The van der Waals surface area contributed by atoms with Crippen LogP contribution in [0.25, 0.3) is 0 Å². The van der Waals surface area contributed by atoms with Crippen molar-refractivity contribution >= 4 is 0 Å². The van der Waals surface area contributed by atoms with Gasteiger partial charge in [0.2, 0.25) is 0 Å². The largest absolute Gasteiger partial charge is 0.496 e. The van der Waals surface area contributed by atoms with Gasteiger partial charge in [0.05, 0.1) is 13.7 Å². The summed E-state index contributed by atoms with van der Waals surface area (Å²) in [4.78, 5) is 0. The Labute approximate surface area is 100 Å². The topological polar surface area (TPSA) is 61.7 Å². The van der Waals surface area contributed by atoms with Crippen molar-refractivity contribution in [1.82, 2.24) is 5.32 Å². The van der Waals surface area contributed by atoms with Gasteiger partial charge in [0.25, 0.3) is 0 Å². The Bertz CT molecular complexity index is 347. The average Bonchev–Trinajstić information content (AvgIpc) is 2.34. The number of methoxy groups -OCH3 is 1. The third-order valence-corrected chi connectivity index (χ3v) is 2.52. The molecule has 0 spiro atoms. The lowest BCUT2D eigenvalue weighted by Crippen LogP contribution is -2.33. The fourth-order valence-electron chi connectivity index (χ4n) is 1.55. The van der Waals surface area contributed by atoms with Gasteiger partial charge in [-0.2, -0.15) is 0 Å². The second-order valence-corrected chi connectivity index (χ2v) is 3.73. The lowest BCUT2D eigenvalue weighted by atomic mass is 10.1.